The van der Waals surface area contributed by atoms with Crippen molar-refractivity contribution in [3.8, 4) is 0 Å². The Morgan fingerprint density at radius 1 is 1.16 bits per heavy atom. The first-order chi connectivity index (χ1) is 14.8. The summed E-state index contributed by atoms with van der Waals surface area (Å²) in [5.41, 5.74) is 7.22. The number of nitrogens with one attached hydrogen (secondary N) is 2. The largest absolute Gasteiger partial charge is 0.586 e. The summed E-state index contributed by atoms with van der Waals surface area (Å²) in [5.74, 6) is 0.253. The molecule has 0 radical (unpaired) electrons. The van der Waals surface area contributed by atoms with E-state index in [9.17, 15) is 9.35 Å². The third-order valence-electron chi connectivity index (χ3n) is 6.23. The van der Waals surface area contributed by atoms with E-state index in [-0.39, 0.29) is 5.92 Å². The van der Waals surface area contributed by atoms with Crippen LogP contribution in [0.1, 0.15) is 60.6 Å². The molecule has 0 bridgehead atoms. The van der Waals surface area contributed by atoms with E-state index in [2.05, 4.69) is 40.0 Å². The number of nitrogens with zero attached hydrogens (tertiary/aromatic N) is 3. The predicted octanol–water partition coefficient (Wildman–Crippen LogP) is 3.39. The molecule has 8 heteroatoms. The fraction of sp³-hybridized carbons (Fsp3) is 0.565. The van der Waals surface area contributed by atoms with Crippen molar-refractivity contribution in [2.24, 2.45) is 0 Å². The van der Waals surface area contributed by atoms with E-state index in [1.165, 1.54) is 22.3 Å². The summed E-state index contributed by atoms with van der Waals surface area (Å²) < 4.78 is 17.4. The lowest BCUT2D eigenvalue weighted by Gasteiger charge is -2.16. The Bertz CT molecular complexity index is 937. The van der Waals surface area contributed by atoms with Gasteiger partial charge in [-0.3, -0.25) is 4.68 Å². The van der Waals surface area contributed by atoms with Crippen molar-refractivity contribution in [3.63, 3.8) is 0 Å². The van der Waals surface area contributed by atoms with Crippen molar-refractivity contribution in [2.75, 3.05) is 26.0 Å². The van der Waals surface area contributed by atoms with Gasteiger partial charge in [0.1, 0.15) is 11.4 Å². The molecule has 2 N–H and O–H groups in total. The number of carbonyl (C=O) groups excluding carboxylic acids is 1. The Balaban J connectivity index is 1.48. The minimum absolute atomic E-state index is 0.253. The van der Waals surface area contributed by atoms with Crippen LogP contribution in [0.3, 0.4) is 0 Å². The summed E-state index contributed by atoms with van der Waals surface area (Å²) in [6.07, 6.45) is 6.40. The molecule has 2 aliphatic carbocycles. The molecule has 2 aliphatic rings. The van der Waals surface area contributed by atoms with Gasteiger partial charge in [-0.05, 0) is 80.8 Å². The minimum atomic E-state index is -1.71. The van der Waals surface area contributed by atoms with Crippen LogP contribution in [-0.4, -0.2) is 45.9 Å². The van der Waals surface area contributed by atoms with Gasteiger partial charge >= 0.3 is 6.03 Å². The second kappa shape index (κ2) is 9.22. The van der Waals surface area contributed by atoms with Crippen LogP contribution >= 0.6 is 0 Å². The number of hydrogen-bond acceptors (Lipinski definition) is 4. The molecule has 168 valence electrons. The number of benzene rings is 1. The average Bonchev–Trinajstić information content (AvgIpc) is 3.44. The number of amides is 2. The zero-order valence-electron chi connectivity index (χ0n) is 19.0. The highest BCUT2D eigenvalue weighted by Gasteiger charge is 2.27. The highest BCUT2D eigenvalue weighted by atomic mass is 32.2. The molecule has 1 atom stereocenters. The Kier molecular flexibility index (Phi) is 6.60. The van der Waals surface area contributed by atoms with Gasteiger partial charge < -0.3 is 14.8 Å². The number of carbonyl (C=O) groups is 1. The van der Waals surface area contributed by atoms with Crippen LogP contribution < -0.4 is 10.0 Å². The van der Waals surface area contributed by atoms with Crippen LogP contribution in [0.4, 0.5) is 10.5 Å². The minimum Gasteiger partial charge on any atom is -0.586 e. The number of urea groups is 1. The van der Waals surface area contributed by atoms with Crippen molar-refractivity contribution >= 4 is 23.1 Å². The van der Waals surface area contributed by atoms with Gasteiger partial charge in [-0.15, -0.1) is 9.82 Å². The van der Waals surface area contributed by atoms with Crippen molar-refractivity contribution in [2.45, 2.75) is 69.9 Å². The van der Waals surface area contributed by atoms with Crippen LogP contribution in [0, 0.1) is 0 Å². The number of hydrogen-bond donors (Lipinski definition) is 2. The van der Waals surface area contributed by atoms with E-state index in [1.807, 2.05) is 24.8 Å². The molecule has 0 aliphatic heterocycles. The molecule has 1 heterocycles. The molecule has 1 aromatic heterocycles. The standard InChI is InChI=1S/C23H33N5O2S/c1-15(2)20-14-21(25-28(20)12-11-27(3)4)31(30)26-23(29)24-22-18-9-5-7-16(18)13-17-8-6-10-19(17)22/h13-15H,5-12H2,1-4H3,(H2,24,26,29). The van der Waals surface area contributed by atoms with Gasteiger partial charge in [0.2, 0.25) is 0 Å². The topological polar surface area (TPSA) is 85.2 Å². The van der Waals surface area contributed by atoms with Gasteiger partial charge in [0.25, 0.3) is 5.03 Å². The number of likely N-dealkylation sites (N-methyl/N-ethyl adjacent to an activating group) is 1. The molecule has 0 spiro atoms. The lowest BCUT2D eigenvalue weighted by molar-refractivity contribution is 0.256. The Morgan fingerprint density at radius 3 is 2.39 bits per heavy atom. The molecule has 0 saturated heterocycles. The van der Waals surface area contributed by atoms with Gasteiger partial charge in [-0.1, -0.05) is 19.9 Å². The quantitative estimate of drug-likeness (QED) is 0.643. The molecular formula is C23H33N5O2S. The molecule has 0 fully saturated rings. The van der Waals surface area contributed by atoms with E-state index >= 15 is 0 Å². The van der Waals surface area contributed by atoms with Crippen molar-refractivity contribution < 1.29 is 9.35 Å². The second-order valence-electron chi connectivity index (χ2n) is 9.15. The zero-order chi connectivity index (χ0) is 22.1. The fourth-order valence-corrected chi connectivity index (χ4v) is 5.40. The van der Waals surface area contributed by atoms with Crippen LogP contribution in [0.15, 0.2) is 17.2 Å². The number of aryl methyl sites for hydroxylation is 2. The van der Waals surface area contributed by atoms with E-state index in [0.717, 1.165) is 56.5 Å². The van der Waals surface area contributed by atoms with Gasteiger partial charge in [-0.2, -0.15) is 0 Å². The number of rotatable bonds is 7. The third kappa shape index (κ3) is 4.76. The maximum absolute atomic E-state index is 12.9. The number of anilines is 1. The first kappa shape index (κ1) is 22.2. The van der Waals surface area contributed by atoms with Crippen molar-refractivity contribution in [3.05, 3.63) is 40.1 Å². The Labute approximate surface area is 187 Å². The van der Waals surface area contributed by atoms with Crippen LogP contribution in [0.5, 0.6) is 0 Å². The maximum atomic E-state index is 12.9. The smallest absolute Gasteiger partial charge is 0.361 e. The van der Waals surface area contributed by atoms with Crippen LogP contribution in [0.2, 0.25) is 0 Å². The molecular weight excluding hydrogens is 410 g/mol. The number of fused-ring (bicyclic) bond motifs is 2. The lowest BCUT2D eigenvalue weighted by atomic mass is 9.99. The second-order valence-corrected chi connectivity index (χ2v) is 10.3. The zero-order valence-corrected chi connectivity index (χ0v) is 19.8. The molecule has 2 aromatic rings. The summed E-state index contributed by atoms with van der Waals surface area (Å²) in [6, 6.07) is 3.75. The maximum Gasteiger partial charge on any atom is 0.361 e. The summed E-state index contributed by atoms with van der Waals surface area (Å²) in [5, 5.41) is 7.96. The van der Waals surface area contributed by atoms with Gasteiger partial charge in [0.05, 0.1) is 6.54 Å². The molecule has 1 aromatic carbocycles. The van der Waals surface area contributed by atoms with Gasteiger partial charge in [0, 0.05) is 24.0 Å². The van der Waals surface area contributed by atoms with E-state index in [1.54, 1.807) is 0 Å². The SMILES string of the molecule is CC(C)c1cc([S+]([O-])NC(=O)Nc2c3c(cc4c2CCC4)CCC3)nn1CCN(C)C. The summed E-state index contributed by atoms with van der Waals surface area (Å²) in [6.45, 7) is 5.73. The predicted molar refractivity (Wildman–Crippen MR) is 124 cm³/mol. The summed E-state index contributed by atoms with van der Waals surface area (Å²) in [7, 11) is 4.03. The molecule has 31 heavy (non-hydrogen) atoms. The molecule has 1 unspecified atom stereocenters. The Hall–Kier alpha value is -2.03. The molecule has 7 nitrogen and oxygen atoms in total. The summed E-state index contributed by atoms with van der Waals surface area (Å²) in [4.78, 5) is 14.9. The lowest BCUT2D eigenvalue weighted by Crippen LogP contribution is -2.35. The number of aromatic nitrogens is 2. The first-order valence-corrected chi connectivity index (χ1v) is 12.4. The monoisotopic (exact) mass is 443 g/mol. The Morgan fingerprint density at radius 2 is 1.81 bits per heavy atom. The normalized spacial score (nSPS) is 16.0. The molecule has 2 amide bonds. The van der Waals surface area contributed by atoms with Crippen molar-refractivity contribution in [1.82, 2.24) is 19.4 Å². The highest BCUT2D eigenvalue weighted by molar-refractivity contribution is 7.90. The van der Waals surface area contributed by atoms with Crippen molar-refractivity contribution in [1.29, 1.82) is 0 Å². The average molecular weight is 444 g/mol. The van der Waals surface area contributed by atoms with E-state index < -0.39 is 17.4 Å². The molecule has 4 rings (SSSR count). The summed E-state index contributed by atoms with van der Waals surface area (Å²) >= 11 is -1.71. The third-order valence-corrected chi connectivity index (χ3v) is 7.18. The first-order valence-electron chi connectivity index (χ1n) is 11.2. The fourth-order valence-electron chi connectivity index (χ4n) is 4.68. The van der Waals surface area contributed by atoms with E-state index in [0.29, 0.717) is 11.6 Å². The van der Waals surface area contributed by atoms with Crippen LogP contribution in [-0.2, 0) is 43.6 Å². The molecule has 0 saturated carbocycles. The van der Waals surface area contributed by atoms with E-state index in [4.69, 9.17) is 0 Å². The van der Waals surface area contributed by atoms with Gasteiger partial charge in [0.15, 0.2) is 0 Å². The van der Waals surface area contributed by atoms with Gasteiger partial charge in [-0.25, -0.2) is 4.79 Å². The van der Waals surface area contributed by atoms with Crippen LogP contribution in [0.25, 0.3) is 0 Å². The highest BCUT2D eigenvalue weighted by Crippen LogP contribution is 2.38.